The van der Waals surface area contributed by atoms with Gasteiger partial charge in [0.2, 0.25) is 0 Å². The summed E-state index contributed by atoms with van der Waals surface area (Å²) < 4.78 is 0. The van der Waals surface area contributed by atoms with Crippen molar-refractivity contribution in [1.29, 1.82) is 0 Å². The fourth-order valence-corrected chi connectivity index (χ4v) is 2.22. The minimum Gasteiger partial charge on any atom is -0.295 e. The normalized spacial score (nSPS) is 18.4. The third-order valence-electron chi connectivity index (χ3n) is 3.01. The highest BCUT2D eigenvalue weighted by Gasteiger charge is 2.29. The molecule has 1 N–H and O–H groups in total. The lowest BCUT2D eigenvalue weighted by molar-refractivity contribution is -0.119. The molecule has 0 radical (unpaired) electrons. The molecule has 4 nitrogen and oxygen atoms in total. The number of carbonyl (C=O) groups is 1. The van der Waals surface area contributed by atoms with Gasteiger partial charge in [0.15, 0.2) is 5.78 Å². The van der Waals surface area contributed by atoms with Gasteiger partial charge in [0, 0.05) is 24.4 Å². The number of nitrogens with zero attached hydrogens (tertiary/aromatic N) is 2. The monoisotopic (exact) mass is 246 g/mol. The van der Waals surface area contributed by atoms with Crippen molar-refractivity contribution >= 4 is 5.78 Å². The Hall–Kier alpha value is -1.68. The molecule has 4 heteroatoms. The van der Waals surface area contributed by atoms with Crippen LogP contribution in [0.25, 0.3) is 0 Å². The first-order chi connectivity index (χ1) is 8.46. The van der Waals surface area contributed by atoms with Crippen LogP contribution in [0, 0.1) is 5.41 Å². The van der Waals surface area contributed by atoms with E-state index in [4.69, 9.17) is 0 Å². The number of pyridine rings is 1. The van der Waals surface area contributed by atoms with Gasteiger partial charge in [0.1, 0.15) is 0 Å². The molecule has 1 aromatic rings. The van der Waals surface area contributed by atoms with Crippen molar-refractivity contribution in [1.82, 2.24) is 10.0 Å². The van der Waals surface area contributed by atoms with E-state index >= 15 is 0 Å². The maximum Gasteiger partial charge on any atom is 0.158 e. The van der Waals surface area contributed by atoms with E-state index in [1.807, 2.05) is 32.0 Å². The van der Waals surface area contributed by atoms with E-state index in [1.165, 1.54) is 6.08 Å². The first kappa shape index (κ1) is 12.8. The summed E-state index contributed by atoms with van der Waals surface area (Å²) in [6.45, 7) is 4.37. The second-order valence-electron chi connectivity index (χ2n) is 5.50. The van der Waals surface area contributed by atoms with Crippen molar-refractivity contribution in [2.75, 3.05) is 0 Å². The van der Waals surface area contributed by atoms with Crippen molar-refractivity contribution in [2.45, 2.75) is 33.2 Å². The number of carbonyl (C=O) groups excluding carboxylic acids is 1. The number of hydrogen-bond acceptors (Lipinski definition) is 4. The van der Waals surface area contributed by atoms with Gasteiger partial charge in [0.25, 0.3) is 0 Å². The van der Waals surface area contributed by atoms with Crippen LogP contribution in [0.5, 0.6) is 0 Å². The summed E-state index contributed by atoms with van der Waals surface area (Å²) in [5, 5.41) is 11.2. The molecular formula is C14H18N2O2. The Bertz CT molecular complexity index is 466. The molecule has 1 aliphatic rings. The van der Waals surface area contributed by atoms with Crippen LogP contribution in [-0.4, -0.2) is 21.0 Å². The zero-order valence-electron chi connectivity index (χ0n) is 10.8. The highest BCUT2D eigenvalue weighted by molar-refractivity contribution is 5.91. The largest absolute Gasteiger partial charge is 0.295 e. The number of aromatic nitrogens is 1. The Labute approximate surface area is 107 Å². The number of hydrogen-bond donors (Lipinski definition) is 1. The van der Waals surface area contributed by atoms with Gasteiger partial charge in [-0.15, -0.1) is 0 Å². The zero-order valence-corrected chi connectivity index (χ0v) is 10.8. The number of allylic oxidation sites excluding steroid dienone is 2. The molecule has 0 fully saturated rings. The third kappa shape index (κ3) is 3.17. The molecule has 0 saturated heterocycles. The fraction of sp³-hybridized carbons (Fsp3) is 0.429. The van der Waals surface area contributed by atoms with Crippen LogP contribution in [0.15, 0.2) is 36.2 Å². The van der Waals surface area contributed by atoms with Crippen molar-refractivity contribution in [3.8, 4) is 0 Å². The summed E-state index contributed by atoms with van der Waals surface area (Å²) in [5.41, 5.74) is 1.35. The smallest absolute Gasteiger partial charge is 0.158 e. The summed E-state index contributed by atoms with van der Waals surface area (Å²) in [7, 11) is 0. The topological polar surface area (TPSA) is 53.4 Å². The predicted molar refractivity (Wildman–Crippen MR) is 67.7 cm³/mol. The highest BCUT2D eigenvalue weighted by Crippen LogP contribution is 2.34. The molecular weight excluding hydrogens is 228 g/mol. The standard InChI is InChI=1S/C14H18N2O2/c1-14(2)8-12(7-13(17)9-14)16(18)10-11-5-3-4-6-15-11/h3-7,18H,8-10H2,1-2H3. The molecule has 0 aromatic carbocycles. The van der Waals surface area contributed by atoms with E-state index in [1.54, 1.807) is 6.20 Å². The van der Waals surface area contributed by atoms with E-state index in [2.05, 4.69) is 4.98 Å². The van der Waals surface area contributed by atoms with Crippen LogP contribution in [0.4, 0.5) is 0 Å². The molecule has 0 atom stereocenters. The van der Waals surface area contributed by atoms with Crippen LogP contribution in [0.1, 0.15) is 32.4 Å². The van der Waals surface area contributed by atoms with Crippen LogP contribution in [-0.2, 0) is 11.3 Å². The fourth-order valence-electron chi connectivity index (χ4n) is 2.22. The summed E-state index contributed by atoms with van der Waals surface area (Å²) in [6.07, 6.45) is 4.46. The van der Waals surface area contributed by atoms with Crippen molar-refractivity contribution < 1.29 is 10.0 Å². The Morgan fingerprint density at radius 1 is 1.39 bits per heavy atom. The molecule has 0 spiro atoms. The summed E-state index contributed by atoms with van der Waals surface area (Å²) in [6, 6.07) is 5.55. The average Bonchev–Trinajstić information content (AvgIpc) is 2.27. The summed E-state index contributed by atoms with van der Waals surface area (Å²) >= 11 is 0. The van der Waals surface area contributed by atoms with Crippen molar-refractivity contribution in [3.63, 3.8) is 0 Å². The second kappa shape index (κ2) is 4.90. The summed E-state index contributed by atoms with van der Waals surface area (Å²) in [4.78, 5) is 15.8. The van der Waals surface area contributed by atoms with Gasteiger partial charge in [-0.25, -0.2) is 0 Å². The van der Waals surface area contributed by atoms with Gasteiger partial charge in [-0.05, 0) is 24.0 Å². The first-order valence-corrected chi connectivity index (χ1v) is 6.06. The molecule has 96 valence electrons. The molecule has 0 amide bonds. The Balaban J connectivity index is 2.10. The average molecular weight is 246 g/mol. The van der Waals surface area contributed by atoms with Crippen molar-refractivity contribution in [3.05, 3.63) is 41.9 Å². The molecule has 0 unspecified atom stereocenters. The van der Waals surface area contributed by atoms with Gasteiger partial charge in [-0.1, -0.05) is 19.9 Å². The lowest BCUT2D eigenvalue weighted by atomic mass is 9.79. The van der Waals surface area contributed by atoms with Crippen molar-refractivity contribution in [2.24, 2.45) is 5.41 Å². The lowest BCUT2D eigenvalue weighted by Gasteiger charge is -2.32. The van der Waals surface area contributed by atoms with Gasteiger partial charge in [-0.3, -0.25) is 20.0 Å². The van der Waals surface area contributed by atoms with Crippen LogP contribution >= 0.6 is 0 Å². The molecule has 0 aliphatic heterocycles. The Kier molecular flexibility index (Phi) is 3.48. The number of ketones is 1. The van der Waals surface area contributed by atoms with Gasteiger partial charge >= 0.3 is 0 Å². The van der Waals surface area contributed by atoms with Crippen LogP contribution in [0.2, 0.25) is 0 Å². The predicted octanol–water partition coefficient (Wildman–Crippen LogP) is 2.55. The van der Waals surface area contributed by atoms with Gasteiger partial charge < -0.3 is 0 Å². The Morgan fingerprint density at radius 3 is 2.78 bits per heavy atom. The minimum absolute atomic E-state index is 0.0707. The molecule has 0 bridgehead atoms. The van der Waals surface area contributed by atoms with E-state index in [9.17, 15) is 10.0 Å². The summed E-state index contributed by atoms with van der Waals surface area (Å²) in [5.74, 6) is 0.0707. The second-order valence-corrected chi connectivity index (χ2v) is 5.50. The maximum absolute atomic E-state index is 11.6. The molecule has 2 rings (SSSR count). The number of hydroxylamine groups is 2. The molecule has 1 aromatic heterocycles. The third-order valence-corrected chi connectivity index (χ3v) is 3.01. The van der Waals surface area contributed by atoms with Crippen LogP contribution < -0.4 is 0 Å². The number of rotatable bonds is 3. The molecule has 0 saturated carbocycles. The van der Waals surface area contributed by atoms with E-state index in [0.29, 0.717) is 25.1 Å². The SMILES string of the molecule is CC1(C)CC(=O)C=C(N(O)Cc2ccccn2)C1. The van der Waals surface area contributed by atoms with E-state index in [-0.39, 0.29) is 11.2 Å². The lowest BCUT2D eigenvalue weighted by Crippen LogP contribution is -2.29. The quantitative estimate of drug-likeness (QED) is 0.833. The maximum atomic E-state index is 11.6. The van der Waals surface area contributed by atoms with Gasteiger partial charge in [0.05, 0.1) is 12.2 Å². The molecule has 1 aliphatic carbocycles. The van der Waals surface area contributed by atoms with E-state index in [0.717, 1.165) is 10.8 Å². The van der Waals surface area contributed by atoms with Gasteiger partial charge in [-0.2, -0.15) is 0 Å². The van der Waals surface area contributed by atoms with E-state index < -0.39 is 0 Å². The molecule has 18 heavy (non-hydrogen) atoms. The molecule has 1 heterocycles. The highest BCUT2D eigenvalue weighted by atomic mass is 16.5. The first-order valence-electron chi connectivity index (χ1n) is 6.06. The Morgan fingerprint density at radius 2 is 2.17 bits per heavy atom. The zero-order chi connectivity index (χ0) is 13.2. The minimum atomic E-state index is -0.0910. The van der Waals surface area contributed by atoms with Crippen LogP contribution in [0.3, 0.4) is 0 Å².